The van der Waals surface area contributed by atoms with E-state index in [0.29, 0.717) is 0 Å². The maximum atomic E-state index is 2.23. The van der Waals surface area contributed by atoms with Crippen molar-refractivity contribution in [2.75, 3.05) is 0 Å². The Morgan fingerprint density at radius 3 is 2.17 bits per heavy atom. The van der Waals surface area contributed by atoms with Gasteiger partial charge < -0.3 is 0 Å². The highest BCUT2D eigenvalue weighted by Crippen LogP contribution is 2.35. The van der Waals surface area contributed by atoms with Crippen LogP contribution in [0.1, 0.15) is 30.5 Å². The summed E-state index contributed by atoms with van der Waals surface area (Å²) in [6.07, 6.45) is 4.37. The molecule has 0 N–H and O–H groups in total. The summed E-state index contributed by atoms with van der Waals surface area (Å²) in [5.41, 5.74) is 2.67. The molecule has 2 aromatic heterocycles. The van der Waals surface area contributed by atoms with E-state index in [4.69, 9.17) is 0 Å². The van der Waals surface area contributed by atoms with Crippen molar-refractivity contribution in [1.29, 1.82) is 0 Å². The predicted molar refractivity (Wildman–Crippen MR) is 85.5 cm³/mol. The molecule has 0 aliphatic heterocycles. The molecule has 0 fully saturated rings. The van der Waals surface area contributed by atoms with Crippen LogP contribution in [0, 0.1) is 6.92 Å². The molecule has 0 saturated carbocycles. The highest BCUT2D eigenvalue weighted by atomic mass is 32.1. The third-order valence-corrected chi connectivity index (χ3v) is 5.06. The average molecular weight is 274 g/mol. The van der Waals surface area contributed by atoms with Gasteiger partial charge >= 0.3 is 0 Å². The molecular weight excluding hydrogens is 256 g/mol. The number of hydrogen-bond donors (Lipinski definition) is 0. The van der Waals surface area contributed by atoms with E-state index in [9.17, 15) is 0 Å². The maximum absolute atomic E-state index is 2.23. The molecule has 0 unspecified atom stereocenters. The van der Waals surface area contributed by atoms with Crippen molar-refractivity contribution in [2.45, 2.75) is 27.7 Å². The van der Waals surface area contributed by atoms with Crippen LogP contribution in [-0.2, 0) is 0 Å². The summed E-state index contributed by atoms with van der Waals surface area (Å²) in [5.74, 6) is 0. The number of rotatable bonds is 3. The van der Waals surface area contributed by atoms with Crippen molar-refractivity contribution in [1.82, 2.24) is 0 Å². The Morgan fingerprint density at radius 2 is 1.56 bits per heavy atom. The highest BCUT2D eigenvalue weighted by molar-refractivity contribution is 7.22. The van der Waals surface area contributed by atoms with E-state index in [1.807, 2.05) is 22.7 Å². The molecule has 0 amide bonds. The van der Waals surface area contributed by atoms with Crippen LogP contribution in [0.4, 0.5) is 0 Å². The van der Waals surface area contributed by atoms with E-state index in [1.165, 1.54) is 30.7 Å². The summed E-state index contributed by atoms with van der Waals surface area (Å²) >= 11 is 3.74. The minimum Gasteiger partial charge on any atom is -0.140 e. The molecule has 0 spiro atoms. The van der Waals surface area contributed by atoms with E-state index in [-0.39, 0.29) is 0 Å². The third-order valence-electron chi connectivity index (χ3n) is 2.64. The Hall–Kier alpha value is -1.12. The van der Waals surface area contributed by atoms with Gasteiger partial charge in [0.15, 0.2) is 0 Å². The fraction of sp³-hybridized carbons (Fsp3) is 0.250. The summed E-state index contributed by atoms with van der Waals surface area (Å²) < 4.78 is 0. The zero-order chi connectivity index (χ0) is 13.1. The molecule has 0 bridgehead atoms. The number of thiophene rings is 2. The van der Waals surface area contributed by atoms with Crippen LogP contribution in [0.5, 0.6) is 0 Å². The first-order valence-corrected chi connectivity index (χ1v) is 7.68. The van der Waals surface area contributed by atoms with Gasteiger partial charge in [0.2, 0.25) is 0 Å². The second kappa shape index (κ2) is 5.68. The normalized spacial score (nSPS) is 11.7. The van der Waals surface area contributed by atoms with Crippen LogP contribution < -0.4 is 0 Å². The molecule has 0 atom stereocenters. The zero-order valence-electron chi connectivity index (χ0n) is 11.3. The van der Waals surface area contributed by atoms with Gasteiger partial charge in [-0.25, -0.2) is 0 Å². The van der Waals surface area contributed by atoms with Crippen molar-refractivity contribution in [2.24, 2.45) is 0 Å². The van der Waals surface area contributed by atoms with Gasteiger partial charge in [0.25, 0.3) is 0 Å². The minimum absolute atomic E-state index is 1.33. The monoisotopic (exact) mass is 274 g/mol. The largest absolute Gasteiger partial charge is 0.140 e. The summed E-state index contributed by atoms with van der Waals surface area (Å²) in [6, 6.07) is 8.85. The number of allylic oxidation sites excluding steroid dienone is 4. The average Bonchev–Trinajstić information content (AvgIpc) is 2.93. The smallest absolute Gasteiger partial charge is 0.0449 e. The van der Waals surface area contributed by atoms with E-state index >= 15 is 0 Å². The molecule has 2 aromatic rings. The molecule has 94 valence electrons. The summed E-state index contributed by atoms with van der Waals surface area (Å²) in [4.78, 5) is 5.47. The standard InChI is InChI=1S/C16H18S2/c1-11(2)5-6-12(3)14-9-10-16(18-14)15-8-7-13(4)17-15/h5-10H,1-4H3/b12-6+. The maximum Gasteiger partial charge on any atom is 0.0449 e. The molecule has 0 radical (unpaired) electrons. The zero-order valence-corrected chi connectivity index (χ0v) is 12.9. The highest BCUT2D eigenvalue weighted by Gasteiger charge is 2.05. The molecule has 0 aromatic carbocycles. The number of aryl methyl sites for hydroxylation is 1. The third kappa shape index (κ3) is 3.21. The Bertz CT molecular complexity index is 590. The van der Waals surface area contributed by atoms with Crippen molar-refractivity contribution in [3.05, 3.63) is 51.7 Å². The van der Waals surface area contributed by atoms with Gasteiger partial charge in [0.1, 0.15) is 0 Å². The quantitative estimate of drug-likeness (QED) is 0.588. The van der Waals surface area contributed by atoms with Crippen LogP contribution in [-0.4, -0.2) is 0 Å². The van der Waals surface area contributed by atoms with Gasteiger partial charge in [-0.2, -0.15) is 0 Å². The van der Waals surface area contributed by atoms with Crippen LogP contribution in [0.2, 0.25) is 0 Å². The molecule has 0 nitrogen and oxygen atoms in total. The number of hydrogen-bond acceptors (Lipinski definition) is 2. The molecule has 2 heteroatoms. The van der Waals surface area contributed by atoms with Crippen molar-refractivity contribution in [3.63, 3.8) is 0 Å². The minimum atomic E-state index is 1.33. The Kier molecular flexibility index (Phi) is 4.20. The van der Waals surface area contributed by atoms with Gasteiger partial charge in [0.05, 0.1) is 0 Å². The van der Waals surface area contributed by atoms with Crippen molar-refractivity contribution in [3.8, 4) is 9.75 Å². The lowest BCUT2D eigenvalue weighted by Gasteiger charge is -1.94. The topological polar surface area (TPSA) is 0 Å². The van der Waals surface area contributed by atoms with E-state index in [2.05, 4.69) is 64.1 Å². The fourth-order valence-corrected chi connectivity index (χ4v) is 3.57. The fourth-order valence-electron chi connectivity index (χ4n) is 1.62. The molecule has 2 heterocycles. The lowest BCUT2D eigenvalue weighted by atomic mass is 10.2. The van der Waals surface area contributed by atoms with Gasteiger partial charge in [-0.1, -0.05) is 17.7 Å². The lowest BCUT2D eigenvalue weighted by Crippen LogP contribution is -1.70. The summed E-state index contributed by atoms with van der Waals surface area (Å²) in [5, 5.41) is 0. The molecule has 0 aliphatic carbocycles. The Morgan fingerprint density at radius 1 is 0.889 bits per heavy atom. The first-order chi connectivity index (χ1) is 8.56. The van der Waals surface area contributed by atoms with Gasteiger partial charge in [0, 0.05) is 19.5 Å². The van der Waals surface area contributed by atoms with Crippen LogP contribution >= 0.6 is 22.7 Å². The SMILES string of the molecule is CC(C)=C/C=C(\C)c1ccc(-c2ccc(C)s2)s1. The van der Waals surface area contributed by atoms with Crippen LogP contribution in [0.15, 0.2) is 42.0 Å². The first kappa shape index (κ1) is 13.3. The molecule has 0 aliphatic rings. The van der Waals surface area contributed by atoms with Gasteiger partial charge in [-0.05, 0) is 57.5 Å². The predicted octanol–water partition coefficient (Wildman–Crippen LogP) is 6.15. The van der Waals surface area contributed by atoms with Crippen molar-refractivity contribution < 1.29 is 0 Å². The molecule has 18 heavy (non-hydrogen) atoms. The Balaban J connectivity index is 2.26. The molecule has 2 rings (SSSR count). The van der Waals surface area contributed by atoms with E-state index < -0.39 is 0 Å². The van der Waals surface area contributed by atoms with E-state index in [0.717, 1.165) is 0 Å². The first-order valence-electron chi connectivity index (χ1n) is 6.05. The summed E-state index contributed by atoms with van der Waals surface area (Å²) in [6.45, 7) is 8.58. The van der Waals surface area contributed by atoms with Gasteiger partial charge in [-0.3, -0.25) is 0 Å². The van der Waals surface area contributed by atoms with E-state index in [1.54, 1.807) is 0 Å². The second-order valence-corrected chi connectivity index (χ2v) is 7.04. The van der Waals surface area contributed by atoms with Crippen LogP contribution in [0.25, 0.3) is 15.3 Å². The molecular formula is C16H18S2. The van der Waals surface area contributed by atoms with Gasteiger partial charge in [-0.15, -0.1) is 22.7 Å². The summed E-state index contributed by atoms with van der Waals surface area (Å²) in [7, 11) is 0. The van der Waals surface area contributed by atoms with Crippen molar-refractivity contribution >= 4 is 28.2 Å². The lowest BCUT2D eigenvalue weighted by molar-refractivity contribution is 1.39. The van der Waals surface area contributed by atoms with Crippen LogP contribution in [0.3, 0.4) is 0 Å². The Labute approximate surface area is 117 Å². The molecule has 0 saturated heterocycles. The second-order valence-electron chi connectivity index (χ2n) is 4.67.